The molecule has 146 valence electrons. The van der Waals surface area contributed by atoms with Crippen LogP contribution in [0.25, 0.3) is 0 Å². The van der Waals surface area contributed by atoms with Gasteiger partial charge >= 0.3 is 5.97 Å². The van der Waals surface area contributed by atoms with Gasteiger partial charge in [0, 0.05) is 0 Å². The van der Waals surface area contributed by atoms with Gasteiger partial charge in [0.25, 0.3) is 0 Å². The van der Waals surface area contributed by atoms with E-state index in [0.29, 0.717) is 18.4 Å². The number of nitrogens with zero attached hydrogens (tertiary/aromatic N) is 1. The van der Waals surface area contributed by atoms with Gasteiger partial charge in [-0.05, 0) is 49.8 Å². The third kappa shape index (κ3) is 4.43. The number of nitrogens with one attached hydrogen (secondary N) is 1. The number of hydrogen-bond acceptors (Lipinski definition) is 3. The number of likely N-dealkylation sites (N-methyl/N-ethyl adjacent to an activating group) is 1. The van der Waals surface area contributed by atoms with Crippen LogP contribution < -0.4 is 4.90 Å². The van der Waals surface area contributed by atoms with Crippen LogP contribution in [0.15, 0.2) is 60.7 Å². The molecule has 1 N–H and O–H groups in total. The van der Waals surface area contributed by atoms with Crippen molar-refractivity contribution in [3.63, 3.8) is 0 Å². The maximum atomic E-state index is 12.8. The Morgan fingerprint density at radius 3 is 2.25 bits per heavy atom. The number of carbonyl (C=O) groups is 1. The fourth-order valence-corrected chi connectivity index (χ4v) is 4.41. The predicted octanol–water partition coefficient (Wildman–Crippen LogP) is 3.15. The van der Waals surface area contributed by atoms with Crippen LogP contribution in [0.3, 0.4) is 0 Å². The topological polar surface area (TPSA) is 54.5 Å². The first-order valence-corrected chi connectivity index (χ1v) is 10.0. The van der Waals surface area contributed by atoms with Crippen LogP contribution in [0, 0.1) is 11.3 Å². The number of hydrogen-bond donors (Lipinski definition) is 1. The molecule has 1 aliphatic carbocycles. The van der Waals surface area contributed by atoms with Gasteiger partial charge < -0.3 is 9.64 Å². The summed E-state index contributed by atoms with van der Waals surface area (Å²) in [7, 11) is 4.16. The minimum absolute atomic E-state index is 0.272. The number of rotatable bonds is 5. The second kappa shape index (κ2) is 8.58. The Hall–Kier alpha value is -2.64. The van der Waals surface area contributed by atoms with Crippen LogP contribution >= 0.6 is 0 Å². The van der Waals surface area contributed by atoms with E-state index in [9.17, 15) is 10.1 Å². The Morgan fingerprint density at radius 1 is 1.00 bits per heavy atom. The molecule has 1 fully saturated rings. The molecule has 0 spiro atoms. The Bertz CT molecular complexity index is 829. The van der Waals surface area contributed by atoms with Gasteiger partial charge in [0.15, 0.2) is 5.60 Å². The zero-order valence-corrected chi connectivity index (χ0v) is 16.8. The zero-order valence-electron chi connectivity index (χ0n) is 16.8. The number of carbonyl (C=O) groups excluding carboxylic acids is 1. The van der Waals surface area contributed by atoms with E-state index in [0.717, 1.165) is 31.4 Å². The van der Waals surface area contributed by atoms with E-state index in [-0.39, 0.29) is 5.97 Å². The van der Waals surface area contributed by atoms with Crippen molar-refractivity contribution in [2.45, 2.75) is 43.1 Å². The second-order valence-electron chi connectivity index (χ2n) is 8.24. The molecular formula is C24H29N2O2+. The lowest BCUT2D eigenvalue weighted by Crippen LogP contribution is -3.08. The van der Waals surface area contributed by atoms with Gasteiger partial charge in [-0.25, -0.2) is 4.79 Å². The lowest BCUT2D eigenvalue weighted by molar-refractivity contribution is -0.865. The third-order valence-electron chi connectivity index (χ3n) is 5.78. The summed E-state index contributed by atoms with van der Waals surface area (Å²) in [5.41, 5.74) is 0.595. The van der Waals surface area contributed by atoms with Crippen molar-refractivity contribution in [1.82, 2.24) is 0 Å². The van der Waals surface area contributed by atoms with Crippen LogP contribution in [0.5, 0.6) is 0 Å². The summed E-state index contributed by atoms with van der Waals surface area (Å²) >= 11 is 0. The summed E-state index contributed by atoms with van der Waals surface area (Å²) in [5.74, 6) is -0.272. The molecule has 0 aliphatic heterocycles. The quantitative estimate of drug-likeness (QED) is 0.643. The van der Waals surface area contributed by atoms with Gasteiger partial charge in [0.1, 0.15) is 6.54 Å². The molecule has 0 aromatic heterocycles. The van der Waals surface area contributed by atoms with Crippen LogP contribution in [-0.4, -0.2) is 32.2 Å². The maximum absolute atomic E-state index is 12.8. The van der Waals surface area contributed by atoms with E-state index in [4.69, 9.17) is 4.74 Å². The summed E-state index contributed by atoms with van der Waals surface area (Å²) in [6.07, 6.45) is 3.83. The fraction of sp³-hybridized carbons (Fsp3) is 0.417. The molecule has 1 saturated carbocycles. The van der Waals surface area contributed by atoms with Crippen molar-refractivity contribution >= 4 is 5.97 Å². The zero-order chi connectivity index (χ0) is 20.0. The number of quaternary nitrogens is 1. The number of ether oxygens (including phenoxy) is 1. The second-order valence-corrected chi connectivity index (χ2v) is 8.24. The van der Waals surface area contributed by atoms with Crippen molar-refractivity contribution in [3.8, 4) is 6.07 Å². The molecule has 4 heteroatoms. The van der Waals surface area contributed by atoms with Crippen molar-refractivity contribution in [3.05, 3.63) is 71.8 Å². The first-order chi connectivity index (χ1) is 13.5. The van der Waals surface area contributed by atoms with Crippen molar-refractivity contribution in [2.75, 3.05) is 20.6 Å². The van der Waals surface area contributed by atoms with E-state index < -0.39 is 11.0 Å². The van der Waals surface area contributed by atoms with Gasteiger partial charge in [-0.15, -0.1) is 0 Å². The Morgan fingerprint density at radius 2 is 1.64 bits per heavy atom. The largest absolute Gasteiger partial charge is 0.449 e. The molecule has 0 unspecified atom stereocenters. The van der Waals surface area contributed by atoms with E-state index in [1.165, 1.54) is 4.90 Å². The first-order valence-electron chi connectivity index (χ1n) is 10.0. The standard InChI is InChI=1S/C24H28N2O2/c1-26(2)19-24(28-22(27)20-10-5-3-6-11-20)15-9-14-23(18-25,16-17-24)21-12-7-4-8-13-21/h3-8,10-13H,9,14-17,19H2,1-2H3/p+1/t23-,24-/m0/s1. The lowest BCUT2D eigenvalue weighted by atomic mass is 9.75. The molecule has 2 atom stereocenters. The number of nitriles is 1. The molecule has 0 radical (unpaired) electrons. The van der Waals surface area contributed by atoms with E-state index >= 15 is 0 Å². The van der Waals surface area contributed by atoms with Gasteiger partial charge in [-0.2, -0.15) is 5.26 Å². The molecule has 3 rings (SSSR count). The molecule has 0 bridgehead atoms. The number of benzene rings is 2. The minimum atomic E-state index is -0.543. The van der Waals surface area contributed by atoms with Crippen LogP contribution in [0.2, 0.25) is 0 Å². The Kier molecular flexibility index (Phi) is 6.16. The molecule has 0 amide bonds. The van der Waals surface area contributed by atoms with Gasteiger partial charge in [0.2, 0.25) is 0 Å². The van der Waals surface area contributed by atoms with E-state index in [1.54, 1.807) is 12.1 Å². The van der Waals surface area contributed by atoms with Gasteiger partial charge in [-0.1, -0.05) is 48.5 Å². The summed E-state index contributed by atoms with van der Waals surface area (Å²) in [4.78, 5) is 14.1. The van der Waals surface area contributed by atoms with Crippen LogP contribution in [0.4, 0.5) is 0 Å². The third-order valence-corrected chi connectivity index (χ3v) is 5.78. The average molecular weight is 378 g/mol. The average Bonchev–Trinajstić information content (AvgIpc) is 2.89. The van der Waals surface area contributed by atoms with Crippen LogP contribution in [0.1, 0.15) is 48.0 Å². The predicted molar refractivity (Wildman–Crippen MR) is 109 cm³/mol. The van der Waals surface area contributed by atoms with Crippen molar-refractivity contribution < 1.29 is 14.4 Å². The highest BCUT2D eigenvalue weighted by atomic mass is 16.6. The molecule has 1 aliphatic rings. The summed E-state index contributed by atoms with van der Waals surface area (Å²) < 4.78 is 6.16. The normalized spacial score (nSPS) is 24.9. The molecule has 28 heavy (non-hydrogen) atoms. The highest BCUT2D eigenvalue weighted by Crippen LogP contribution is 2.42. The summed E-state index contributed by atoms with van der Waals surface area (Å²) in [6, 6.07) is 21.8. The highest BCUT2D eigenvalue weighted by molar-refractivity contribution is 5.89. The smallest absolute Gasteiger partial charge is 0.338 e. The molecule has 0 heterocycles. The first kappa shape index (κ1) is 20.1. The van der Waals surface area contributed by atoms with Crippen molar-refractivity contribution in [1.29, 1.82) is 5.26 Å². The molecule has 2 aromatic rings. The Balaban J connectivity index is 1.86. The van der Waals surface area contributed by atoms with Crippen molar-refractivity contribution in [2.24, 2.45) is 0 Å². The summed E-state index contributed by atoms with van der Waals surface area (Å²) in [5, 5.41) is 10.1. The van der Waals surface area contributed by atoms with Crippen LogP contribution in [-0.2, 0) is 10.2 Å². The minimum Gasteiger partial charge on any atom is -0.449 e. The lowest BCUT2D eigenvalue weighted by Gasteiger charge is -2.33. The van der Waals surface area contributed by atoms with Gasteiger partial charge in [-0.3, -0.25) is 0 Å². The highest BCUT2D eigenvalue weighted by Gasteiger charge is 2.45. The van der Waals surface area contributed by atoms with E-state index in [1.807, 2.05) is 48.5 Å². The van der Waals surface area contributed by atoms with Gasteiger partial charge in [0.05, 0.1) is 31.1 Å². The molecule has 0 saturated heterocycles. The molecular weight excluding hydrogens is 348 g/mol. The number of esters is 1. The Labute approximate surface area is 167 Å². The molecule has 4 nitrogen and oxygen atoms in total. The monoisotopic (exact) mass is 377 g/mol. The summed E-state index contributed by atoms with van der Waals surface area (Å²) in [6.45, 7) is 0.738. The SMILES string of the molecule is C[NH+](C)C[C@]1(OC(=O)c2ccccc2)CCC[C@](C#N)(c2ccccc2)CC1. The fourth-order valence-electron chi connectivity index (χ4n) is 4.41. The maximum Gasteiger partial charge on any atom is 0.338 e. The van der Waals surface area contributed by atoms with E-state index in [2.05, 4.69) is 20.2 Å². The molecule has 2 aromatic carbocycles.